The van der Waals surface area contributed by atoms with Gasteiger partial charge in [0.2, 0.25) is 20.0 Å². The first-order valence-electron chi connectivity index (χ1n) is 9.04. The molecule has 6 nitrogen and oxygen atoms in total. The molecule has 3 aromatic rings. The van der Waals surface area contributed by atoms with Crippen LogP contribution in [0, 0.1) is 0 Å². The lowest BCUT2D eigenvalue weighted by Gasteiger charge is -2.33. The Morgan fingerprint density at radius 1 is 0.655 bits per heavy atom. The topological polar surface area (TPSA) is 74.8 Å². The average molecular weight is 451 g/mol. The lowest BCUT2D eigenvalue weighted by atomic mass is 10.1. The van der Waals surface area contributed by atoms with Crippen molar-refractivity contribution in [1.82, 2.24) is 8.61 Å². The van der Waals surface area contributed by atoms with Gasteiger partial charge in [0.05, 0.1) is 9.92 Å². The number of hydrogen-bond donors (Lipinski definition) is 0. The quantitative estimate of drug-likeness (QED) is 0.611. The summed E-state index contributed by atoms with van der Waals surface area (Å²) in [5, 5.41) is 1.95. The van der Waals surface area contributed by atoms with Gasteiger partial charge in [0, 0.05) is 26.2 Å². The zero-order chi connectivity index (χ0) is 20.6. The van der Waals surface area contributed by atoms with Crippen molar-refractivity contribution >= 4 is 42.4 Å². The van der Waals surface area contributed by atoms with E-state index >= 15 is 0 Å². The van der Waals surface area contributed by atoms with Crippen LogP contribution in [0.2, 0.25) is 5.02 Å². The summed E-state index contributed by atoms with van der Waals surface area (Å²) in [5.74, 6) is 0. The first kappa shape index (κ1) is 20.3. The van der Waals surface area contributed by atoms with E-state index in [2.05, 4.69) is 0 Å². The standard InChI is InChI=1S/C20H19ClN2O4S2/c21-19-7-3-4-8-20(19)29(26,27)23-13-11-22(12-14-23)28(24,25)18-10-9-16-5-1-2-6-17(16)15-18/h1-10,15H,11-14H2. The van der Waals surface area contributed by atoms with Crippen LogP contribution >= 0.6 is 11.6 Å². The molecule has 1 aliphatic heterocycles. The molecule has 152 valence electrons. The van der Waals surface area contributed by atoms with Crippen LogP contribution in [-0.4, -0.2) is 51.6 Å². The van der Waals surface area contributed by atoms with E-state index in [0.29, 0.717) is 0 Å². The molecule has 0 spiro atoms. The molecule has 0 atom stereocenters. The third-order valence-corrected chi connectivity index (χ3v) is 9.30. The minimum absolute atomic E-state index is 0.0347. The fourth-order valence-electron chi connectivity index (χ4n) is 3.42. The number of sulfonamides is 2. The van der Waals surface area contributed by atoms with Gasteiger partial charge < -0.3 is 0 Å². The molecular weight excluding hydrogens is 432 g/mol. The highest BCUT2D eigenvalue weighted by molar-refractivity contribution is 7.89. The number of rotatable bonds is 4. The SMILES string of the molecule is O=S(=O)(c1ccc2ccccc2c1)N1CCN(S(=O)(=O)c2ccccc2Cl)CC1. The highest BCUT2D eigenvalue weighted by Crippen LogP contribution is 2.27. The molecule has 1 aliphatic rings. The molecule has 0 amide bonds. The van der Waals surface area contributed by atoms with E-state index in [-0.39, 0.29) is 41.0 Å². The van der Waals surface area contributed by atoms with E-state index in [1.807, 2.05) is 24.3 Å². The van der Waals surface area contributed by atoms with Crippen LogP contribution in [0.3, 0.4) is 0 Å². The zero-order valence-corrected chi connectivity index (χ0v) is 17.8. The van der Waals surface area contributed by atoms with Crippen LogP contribution in [0.4, 0.5) is 0 Å². The molecule has 0 unspecified atom stereocenters. The van der Waals surface area contributed by atoms with Gasteiger partial charge in [0.1, 0.15) is 4.90 Å². The second-order valence-electron chi connectivity index (χ2n) is 6.75. The van der Waals surface area contributed by atoms with E-state index in [1.54, 1.807) is 30.3 Å². The summed E-state index contributed by atoms with van der Waals surface area (Å²) >= 11 is 6.04. The van der Waals surface area contributed by atoms with Crippen molar-refractivity contribution in [3.8, 4) is 0 Å². The molecule has 0 aliphatic carbocycles. The van der Waals surface area contributed by atoms with Gasteiger partial charge in [-0.1, -0.05) is 54.1 Å². The highest BCUT2D eigenvalue weighted by Gasteiger charge is 2.34. The Morgan fingerprint density at radius 3 is 1.86 bits per heavy atom. The van der Waals surface area contributed by atoms with E-state index in [4.69, 9.17) is 11.6 Å². The summed E-state index contributed by atoms with van der Waals surface area (Å²) < 4.78 is 54.4. The van der Waals surface area contributed by atoms with Gasteiger partial charge in [-0.05, 0) is 35.0 Å². The van der Waals surface area contributed by atoms with Crippen LogP contribution < -0.4 is 0 Å². The van der Waals surface area contributed by atoms with Gasteiger partial charge in [-0.3, -0.25) is 0 Å². The van der Waals surface area contributed by atoms with Crippen LogP contribution in [0.25, 0.3) is 10.8 Å². The number of benzene rings is 3. The largest absolute Gasteiger partial charge is 0.244 e. The Balaban J connectivity index is 1.55. The fraction of sp³-hybridized carbons (Fsp3) is 0.200. The van der Waals surface area contributed by atoms with Crippen LogP contribution in [0.5, 0.6) is 0 Å². The van der Waals surface area contributed by atoms with E-state index < -0.39 is 20.0 Å². The van der Waals surface area contributed by atoms with Gasteiger partial charge in [-0.25, -0.2) is 16.8 Å². The van der Waals surface area contributed by atoms with Crippen molar-refractivity contribution < 1.29 is 16.8 Å². The summed E-state index contributed by atoms with van der Waals surface area (Å²) in [4.78, 5) is 0.242. The van der Waals surface area contributed by atoms with Crippen molar-refractivity contribution in [2.24, 2.45) is 0 Å². The van der Waals surface area contributed by atoms with Crippen LogP contribution in [0.15, 0.2) is 76.5 Å². The van der Waals surface area contributed by atoms with Crippen molar-refractivity contribution in [3.63, 3.8) is 0 Å². The predicted octanol–water partition coefficient (Wildman–Crippen LogP) is 3.19. The second-order valence-corrected chi connectivity index (χ2v) is 11.0. The van der Waals surface area contributed by atoms with Gasteiger partial charge >= 0.3 is 0 Å². The lowest BCUT2D eigenvalue weighted by Crippen LogP contribution is -2.50. The number of fused-ring (bicyclic) bond motifs is 1. The second kappa shape index (κ2) is 7.70. The molecule has 1 heterocycles. The molecular formula is C20H19ClN2O4S2. The van der Waals surface area contributed by atoms with Crippen LogP contribution in [-0.2, 0) is 20.0 Å². The number of hydrogen-bond acceptors (Lipinski definition) is 4. The maximum absolute atomic E-state index is 13.0. The maximum atomic E-state index is 13.0. The molecule has 0 radical (unpaired) electrons. The first-order chi connectivity index (χ1) is 13.8. The Labute approximate surface area is 175 Å². The molecule has 1 fully saturated rings. The van der Waals surface area contributed by atoms with Crippen molar-refractivity contribution in [2.75, 3.05) is 26.2 Å². The minimum atomic E-state index is -3.78. The van der Waals surface area contributed by atoms with Gasteiger partial charge in [0.15, 0.2) is 0 Å². The van der Waals surface area contributed by atoms with Gasteiger partial charge in [-0.2, -0.15) is 8.61 Å². The van der Waals surface area contributed by atoms with Gasteiger partial charge in [-0.15, -0.1) is 0 Å². The summed E-state index contributed by atoms with van der Waals surface area (Å²) in [6.07, 6.45) is 0. The summed E-state index contributed by atoms with van der Waals surface area (Å²) in [5.41, 5.74) is 0. The molecule has 29 heavy (non-hydrogen) atoms. The molecule has 0 bridgehead atoms. The maximum Gasteiger partial charge on any atom is 0.244 e. The van der Waals surface area contributed by atoms with Crippen molar-refractivity contribution in [3.05, 3.63) is 71.8 Å². The summed E-state index contributed by atoms with van der Waals surface area (Å²) in [6.45, 7) is 0.304. The van der Waals surface area contributed by atoms with E-state index in [1.165, 1.54) is 20.7 Å². The Kier molecular flexibility index (Phi) is 5.39. The molecule has 0 aromatic heterocycles. The normalized spacial score (nSPS) is 16.9. The number of piperazine rings is 1. The predicted molar refractivity (Wildman–Crippen MR) is 113 cm³/mol. The Hall–Kier alpha value is -1.97. The number of nitrogens with zero attached hydrogens (tertiary/aromatic N) is 2. The van der Waals surface area contributed by atoms with Crippen LogP contribution in [0.1, 0.15) is 0 Å². The molecule has 9 heteroatoms. The van der Waals surface area contributed by atoms with E-state index in [0.717, 1.165) is 10.8 Å². The lowest BCUT2D eigenvalue weighted by molar-refractivity contribution is 0.273. The van der Waals surface area contributed by atoms with Crippen molar-refractivity contribution in [2.45, 2.75) is 9.79 Å². The fourth-order valence-corrected chi connectivity index (χ4v) is 6.79. The average Bonchev–Trinajstić information content (AvgIpc) is 2.73. The molecule has 0 N–H and O–H groups in total. The summed E-state index contributed by atoms with van der Waals surface area (Å²) in [6, 6.07) is 18.8. The van der Waals surface area contributed by atoms with Gasteiger partial charge in [0.25, 0.3) is 0 Å². The molecule has 3 aromatic carbocycles. The highest BCUT2D eigenvalue weighted by atomic mass is 35.5. The molecule has 0 saturated carbocycles. The summed E-state index contributed by atoms with van der Waals surface area (Å²) in [7, 11) is -7.48. The molecule has 4 rings (SSSR count). The third-order valence-electron chi connectivity index (χ3n) is 5.01. The monoisotopic (exact) mass is 450 g/mol. The Bertz CT molecular complexity index is 1270. The van der Waals surface area contributed by atoms with E-state index in [9.17, 15) is 16.8 Å². The minimum Gasteiger partial charge on any atom is -0.207 e. The molecule has 1 saturated heterocycles. The first-order valence-corrected chi connectivity index (χ1v) is 12.3. The Morgan fingerprint density at radius 2 is 1.21 bits per heavy atom. The number of halogens is 1. The smallest absolute Gasteiger partial charge is 0.207 e. The zero-order valence-electron chi connectivity index (χ0n) is 15.4. The third kappa shape index (κ3) is 3.78. The van der Waals surface area contributed by atoms with Crippen molar-refractivity contribution in [1.29, 1.82) is 0 Å².